The highest BCUT2D eigenvalue weighted by Gasteiger charge is 2.24. The molecule has 0 aliphatic carbocycles. The van der Waals surface area contributed by atoms with Gasteiger partial charge in [0.25, 0.3) is 5.91 Å². The second-order valence-electron chi connectivity index (χ2n) is 6.90. The minimum Gasteiger partial charge on any atom is -0.309 e. The molecular formula is C20H21N5OS2. The Bertz CT molecular complexity index is 990. The van der Waals surface area contributed by atoms with Crippen molar-refractivity contribution in [1.29, 1.82) is 0 Å². The third-order valence-corrected chi connectivity index (χ3v) is 6.25. The van der Waals surface area contributed by atoms with E-state index in [9.17, 15) is 4.79 Å². The first-order chi connectivity index (χ1) is 13.6. The van der Waals surface area contributed by atoms with Gasteiger partial charge in [0.15, 0.2) is 5.17 Å². The number of rotatable bonds is 6. The van der Waals surface area contributed by atoms with Gasteiger partial charge < -0.3 is 10.2 Å². The smallest absolute Gasteiger partial charge is 0.264 e. The van der Waals surface area contributed by atoms with Crippen LogP contribution in [0.4, 0.5) is 5.69 Å². The summed E-state index contributed by atoms with van der Waals surface area (Å²) in [5.41, 5.74) is 3.13. The van der Waals surface area contributed by atoms with Crippen LogP contribution in [0, 0.1) is 0 Å². The topological polar surface area (TPSA) is 70.0 Å². The monoisotopic (exact) mass is 411 g/mol. The molecule has 8 heteroatoms. The first kappa shape index (κ1) is 19.0. The zero-order valence-corrected chi connectivity index (χ0v) is 17.4. The predicted octanol–water partition coefficient (Wildman–Crippen LogP) is 3.46. The van der Waals surface area contributed by atoms with E-state index in [1.807, 2.05) is 36.7 Å². The lowest BCUT2D eigenvalue weighted by Crippen LogP contribution is -2.19. The Labute approximate surface area is 172 Å². The maximum atomic E-state index is 12.3. The highest BCUT2D eigenvalue weighted by Crippen LogP contribution is 2.30. The zero-order chi connectivity index (χ0) is 19.5. The fourth-order valence-corrected chi connectivity index (χ4v) is 4.76. The number of hydrogen-bond acceptors (Lipinski definition) is 7. The molecule has 1 fully saturated rings. The van der Waals surface area contributed by atoms with Crippen LogP contribution in [0.2, 0.25) is 0 Å². The molecule has 1 aromatic heterocycles. The van der Waals surface area contributed by atoms with Crippen LogP contribution in [0.15, 0.2) is 39.3 Å². The van der Waals surface area contributed by atoms with E-state index >= 15 is 0 Å². The normalized spacial score (nSPS) is 18.5. The van der Waals surface area contributed by atoms with Crippen molar-refractivity contribution < 1.29 is 4.79 Å². The standard InChI is InChI=1S/C20H21N5OS2/c1-25(2)7-3-4-18-22-12-16(27-18)9-17-19(26)24-20(28-17)23-15-6-5-13-10-21-11-14(13)8-15/h5-6,8-10,12H,3-4,7,11H2,1-2H3,(H,23,24,26)/b17-9-. The van der Waals surface area contributed by atoms with Crippen LogP contribution >= 0.6 is 23.1 Å². The molecular weight excluding hydrogens is 390 g/mol. The van der Waals surface area contributed by atoms with Crippen molar-refractivity contribution in [2.24, 2.45) is 9.98 Å². The molecule has 0 radical (unpaired) electrons. The summed E-state index contributed by atoms with van der Waals surface area (Å²) in [4.78, 5) is 29.4. The molecule has 0 atom stereocenters. The minimum absolute atomic E-state index is 0.115. The van der Waals surface area contributed by atoms with Gasteiger partial charge in [-0.2, -0.15) is 0 Å². The maximum absolute atomic E-state index is 12.3. The van der Waals surface area contributed by atoms with Crippen molar-refractivity contribution in [2.75, 3.05) is 20.6 Å². The Morgan fingerprint density at radius 1 is 1.36 bits per heavy atom. The van der Waals surface area contributed by atoms with Crippen molar-refractivity contribution in [3.05, 3.63) is 50.3 Å². The first-order valence-electron chi connectivity index (χ1n) is 9.08. The molecule has 1 N–H and O–H groups in total. The van der Waals surface area contributed by atoms with Gasteiger partial charge in [-0.05, 0) is 68.2 Å². The zero-order valence-electron chi connectivity index (χ0n) is 15.8. The van der Waals surface area contributed by atoms with E-state index in [-0.39, 0.29) is 5.91 Å². The van der Waals surface area contributed by atoms with Gasteiger partial charge >= 0.3 is 0 Å². The van der Waals surface area contributed by atoms with E-state index in [0.717, 1.165) is 40.5 Å². The van der Waals surface area contributed by atoms with Gasteiger partial charge in [-0.3, -0.25) is 9.79 Å². The fraction of sp³-hybridized carbons (Fsp3) is 0.300. The molecule has 0 saturated carbocycles. The Morgan fingerprint density at radius 3 is 3.11 bits per heavy atom. The molecule has 0 bridgehead atoms. The lowest BCUT2D eigenvalue weighted by Gasteiger charge is -2.07. The van der Waals surface area contributed by atoms with Gasteiger partial charge in [-0.25, -0.2) is 9.98 Å². The summed E-state index contributed by atoms with van der Waals surface area (Å²) in [7, 11) is 4.15. The van der Waals surface area contributed by atoms with Gasteiger partial charge in [0.1, 0.15) is 0 Å². The molecule has 28 heavy (non-hydrogen) atoms. The quantitative estimate of drug-likeness (QED) is 0.739. The summed E-state index contributed by atoms with van der Waals surface area (Å²) in [6.45, 7) is 1.74. The number of aromatic nitrogens is 1. The van der Waals surface area contributed by atoms with Gasteiger partial charge in [-0.15, -0.1) is 11.3 Å². The Hall–Kier alpha value is -2.29. The van der Waals surface area contributed by atoms with Crippen LogP contribution in [-0.2, 0) is 17.8 Å². The number of amides is 1. The van der Waals surface area contributed by atoms with E-state index in [1.165, 1.54) is 17.3 Å². The number of nitrogens with one attached hydrogen (secondary N) is 1. The Morgan fingerprint density at radius 2 is 2.25 bits per heavy atom. The highest BCUT2D eigenvalue weighted by molar-refractivity contribution is 8.18. The molecule has 144 valence electrons. The van der Waals surface area contributed by atoms with Crippen molar-refractivity contribution in [1.82, 2.24) is 15.2 Å². The summed E-state index contributed by atoms with van der Waals surface area (Å²) in [5.74, 6) is -0.115. The van der Waals surface area contributed by atoms with Crippen molar-refractivity contribution >= 4 is 52.2 Å². The van der Waals surface area contributed by atoms with E-state index in [2.05, 4.69) is 39.3 Å². The largest absolute Gasteiger partial charge is 0.309 e. The van der Waals surface area contributed by atoms with E-state index in [1.54, 1.807) is 11.3 Å². The Balaban J connectivity index is 1.42. The van der Waals surface area contributed by atoms with Crippen molar-refractivity contribution in [2.45, 2.75) is 19.4 Å². The lowest BCUT2D eigenvalue weighted by atomic mass is 10.1. The predicted molar refractivity (Wildman–Crippen MR) is 118 cm³/mol. The highest BCUT2D eigenvalue weighted by atomic mass is 32.2. The van der Waals surface area contributed by atoms with Crippen molar-refractivity contribution in [3.8, 4) is 0 Å². The number of benzene rings is 1. The first-order valence-corrected chi connectivity index (χ1v) is 10.7. The second kappa shape index (κ2) is 8.38. The number of aryl methyl sites for hydroxylation is 1. The third-order valence-electron chi connectivity index (χ3n) is 4.34. The van der Waals surface area contributed by atoms with Gasteiger partial charge in [0, 0.05) is 23.7 Å². The molecule has 1 saturated heterocycles. The van der Waals surface area contributed by atoms with Crippen molar-refractivity contribution in [3.63, 3.8) is 0 Å². The number of fused-ring (bicyclic) bond motifs is 1. The number of aliphatic imine (C=N–C) groups is 2. The second-order valence-corrected chi connectivity index (χ2v) is 9.08. The number of thioether (sulfide) groups is 1. The average molecular weight is 412 g/mol. The van der Waals surface area contributed by atoms with Crippen LogP contribution in [0.5, 0.6) is 0 Å². The summed E-state index contributed by atoms with van der Waals surface area (Å²) in [6.07, 6.45) is 7.65. The SMILES string of the molecule is CN(C)CCCc1ncc(/C=C2\SC(=Nc3ccc4c(c3)CN=C4)NC2=O)s1. The van der Waals surface area contributed by atoms with Crippen LogP contribution in [0.1, 0.15) is 27.4 Å². The number of nitrogens with zero attached hydrogens (tertiary/aromatic N) is 4. The van der Waals surface area contributed by atoms with E-state index in [4.69, 9.17) is 0 Å². The number of carbonyl (C=O) groups excluding carboxylic acids is 1. The maximum Gasteiger partial charge on any atom is 0.264 e. The molecule has 3 heterocycles. The molecule has 2 aliphatic heterocycles. The van der Waals surface area contributed by atoms with E-state index < -0.39 is 0 Å². The number of thiazole rings is 1. The minimum atomic E-state index is -0.115. The van der Waals surface area contributed by atoms with Crippen LogP contribution in [0.3, 0.4) is 0 Å². The van der Waals surface area contributed by atoms with Gasteiger partial charge in [0.2, 0.25) is 0 Å². The molecule has 6 nitrogen and oxygen atoms in total. The summed E-state index contributed by atoms with van der Waals surface area (Å²) in [5, 5.41) is 4.55. The third kappa shape index (κ3) is 4.57. The number of carbonyl (C=O) groups is 1. The van der Waals surface area contributed by atoms with Crippen LogP contribution in [0.25, 0.3) is 6.08 Å². The number of hydrogen-bond donors (Lipinski definition) is 1. The molecule has 0 spiro atoms. The molecule has 1 aromatic carbocycles. The molecule has 2 aromatic rings. The van der Waals surface area contributed by atoms with Crippen LogP contribution < -0.4 is 5.32 Å². The van der Waals surface area contributed by atoms with Gasteiger partial charge in [-0.1, -0.05) is 6.07 Å². The lowest BCUT2D eigenvalue weighted by molar-refractivity contribution is -0.115. The molecule has 0 unspecified atom stereocenters. The molecule has 1 amide bonds. The Kier molecular flexibility index (Phi) is 5.70. The van der Waals surface area contributed by atoms with Gasteiger partial charge in [0.05, 0.1) is 22.1 Å². The van der Waals surface area contributed by atoms with E-state index in [0.29, 0.717) is 16.6 Å². The average Bonchev–Trinajstić information content (AvgIpc) is 3.36. The van der Waals surface area contributed by atoms with Crippen LogP contribution in [-0.4, -0.2) is 47.8 Å². The summed E-state index contributed by atoms with van der Waals surface area (Å²) in [6, 6.07) is 5.98. The fourth-order valence-electron chi connectivity index (χ4n) is 2.95. The summed E-state index contributed by atoms with van der Waals surface area (Å²) >= 11 is 3.00. The molecule has 4 rings (SSSR count). The number of amidine groups is 1. The molecule has 2 aliphatic rings. The summed E-state index contributed by atoms with van der Waals surface area (Å²) < 4.78 is 0.